The maximum absolute atomic E-state index is 10.7. The highest BCUT2D eigenvalue weighted by Gasteiger charge is 2.22. The molecule has 3 N–H and O–H groups in total. The van der Waals surface area contributed by atoms with Crippen LogP contribution in [-0.2, 0) is 17.6 Å². The Bertz CT molecular complexity index is 413. The lowest BCUT2D eigenvalue weighted by atomic mass is 9.96. The number of aromatic hydroxyl groups is 1. The summed E-state index contributed by atoms with van der Waals surface area (Å²) in [6.45, 7) is 5.58. The molecule has 0 aromatic heterocycles. The largest absolute Gasteiger partial charge is 0.508 e. The molecule has 0 saturated heterocycles. The zero-order valence-electron chi connectivity index (χ0n) is 10.5. The number of hydrogen-bond donors (Lipinski definition) is 2. The monoisotopic (exact) mass is 237 g/mol. The lowest BCUT2D eigenvalue weighted by molar-refractivity contribution is 0.0460. The molecule has 0 radical (unpaired) electrons. The number of rotatable bonds is 4. The van der Waals surface area contributed by atoms with Gasteiger partial charge in [-0.15, -0.1) is 0 Å². The third-order valence-electron chi connectivity index (χ3n) is 2.53. The van der Waals surface area contributed by atoms with Gasteiger partial charge in [-0.1, -0.05) is 19.1 Å². The molecular formula is C13H19NO3. The van der Waals surface area contributed by atoms with E-state index in [4.69, 9.17) is 10.5 Å². The summed E-state index contributed by atoms with van der Waals surface area (Å²) in [5.74, 6) is 0.296. The molecule has 0 spiro atoms. The van der Waals surface area contributed by atoms with Gasteiger partial charge in [0.25, 0.3) is 0 Å². The van der Waals surface area contributed by atoms with Crippen molar-refractivity contribution in [3.63, 3.8) is 0 Å². The van der Waals surface area contributed by atoms with Crippen molar-refractivity contribution in [3.8, 4) is 5.75 Å². The predicted molar refractivity (Wildman–Crippen MR) is 65.9 cm³/mol. The summed E-state index contributed by atoms with van der Waals surface area (Å²) in [6, 6.07) is 5.40. The van der Waals surface area contributed by atoms with Crippen molar-refractivity contribution in [3.05, 3.63) is 29.3 Å². The van der Waals surface area contributed by atoms with Crippen LogP contribution in [0, 0.1) is 0 Å². The van der Waals surface area contributed by atoms with Crippen molar-refractivity contribution in [2.75, 3.05) is 0 Å². The number of ether oxygens (including phenoxy) is 1. The van der Waals surface area contributed by atoms with Crippen molar-refractivity contribution in [1.82, 2.24) is 0 Å². The van der Waals surface area contributed by atoms with Crippen molar-refractivity contribution in [2.24, 2.45) is 5.73 Å². The van der Waals surface area contributed by atoms with Crippen LogP contribution < -0.4 is 5.73 Å². The summed E-state index contributed by atoms with van der Waals surface area (Å²) >= 11 is 0. The Balaban J connectivity index is 2.84. The lowest BCUT2D eigenvalue weighted by Crippen LogP contribution is -2.33. The molecule has 0 aliphatic carbocycles. The van der Waals surface area contributed by atoms with Crippen LogP contribution in [0.4, 0.5) is 4.79 Å². The molecule has 1 rings (SSSR count). The molecular weight excluding hydrogens is 218 g/mol. The molecule has 0 bridgehead atoms. The fourth-order valence-electron chi connectivity index (χ4n) is 1.83. The van der Waals surface area contributed by atoms with Gasteiger partial charge < -0.3 is 15.6 Å². The minimum absolute atomic E-state index is 0.296. The highest BCUT2D eigenvalue weighted by molar-refractivity contribution is 5.65. The van der Waals surface area contributed by atoms with Crippen LogP contribution in [-0.4, -0.2) is 16.8 Å². The van der Waals surface area contributed by atoms with Crippen LogP contribution in [0.1, 0.15) is 31.9 Å². The number of nitrogens with two attached hydrogens (primary N) is 1. The maximum atomic E-state index is 10.7. The highest BCUT2D eigenvalue weighted by Crippen LogP contribution is 2.23. The summed E-state index contributed by atoms with van der Waals surface area (Å²) in [4.78, 5) is 10.7. The first-order valence-electron chi connectivity index (χ1n) is 5.63. The predicted octanol–water partition coefficient (Wildman–Crippen LogP) is 2.37. The van der Waals surface area contributed by atoms with E-state index in [1.54, 1.807) is 19.9 Å². The molecule has 1 aromatic rings. The number of carbonyl (C=O) groups is 1. The Morgan fingerprint density at radius 3 is 2.65 bits per heavy atom. The number of carbonyl (C=O) groups excluding carboxylic acids is 1. The van der Waals surface area contributed by atoms with Gasteiger partial charge in [-0.2, -0.15) is 0 Å². The first-order valence-corrected chi connectivity index (χ1v) is 5.63. The van der Waals surface area contributed by atoms with Gasteiger partial charge in [0.2, 0.25) is 0 Å². The number of hydrogen-bond acceptors (Lipinski definition) is 3. The molecule has 0 saturated carbocycles. The minimum Gasteiger partial charge on any atom is -0.508 e. The molecule has 0 unspecified atom stereocenters. The molecule has 0 fully saturated rings. The van der Waals surface area contributed by atoms with E-state index in [0.717, 1.165) is 17.5 Å². The van der Waals surface area contributed by atoms with Gasteiger partial charge in [0.05, 0.1) is 0 Å². The highest BCUT2D eigenvalue weighted by atomic mass is 16.6. The van der Waals surface area contributed by atoms with Gasteiger partial charge in [0.1, 0.15) is 11.4 Å². The normalized spacial score (nSPS) is 11.2. The Morgan fingerprint density at radius 1 is 1.47 bits per heavy atom. The second kappa shape index (κ2) is 5.08. The molecule has 0 atom stereocenters. The molecule has 4 heteroatoms. The first-order chi connectivity index (χ1) is 7.84. The molecule has 17 heavy (non-hydrogen) atoms. The fourth-order valence-corrected chi connectivity index (χ4v) is 1.83. The third-order valence-corrected chi connectivity index (χ3v) is 2.53. The number of primary amides is 1. The van der Waals surface area contributed by atoms with Crippen LogP contribution in [0.2, 0.25) is 0 Å². The summed E-state index contributed by atoms with van der Waals surface area (Å²) in [7, 11) is 0. The van der Waals surface area contributed by atoms with Crippen LogP contribution in [0.25, 0.3) is 0 Å². The topological polar surface area (TPSA) is 72.5 Å². The van der Waals surface area contributed by atoms with E-state index in [-0.39, 0.29) is 0 Å². The number of benzene rings is 1. The third kappa shape index (κ3) is 3.98. The van der Waals surface area contributed by atoms with E-state index in [1.807, 2.05) is 19.1 Å². The van der Waals surface area contributed by atoms with Gasteiger partial charge >= 0.3 is 6.09 Å². The van der Waals surface area contributed by atoms with Crippen molar-refractivity contribution in [1.29, 1.82) is 0 Å². The summed E-state index contributed by atoms with van der Waals surface area (Å²) in [5.41, 5.74) is 6.26. The average Bonchev–Trinajstić information content (AvgIpc) is 2.18. The summed E-state index contributed by atoms with van der Waals surface area (Å²) in [5, 5.41) is 9.57. The van der Waals surface area contributed by atoms with Crippen LogP contribution in [0.3, 0.4) is 0 Å². The number of phenols is 1. The standard InChI is InChI=1S/C13H19NO3/c1-4-10-7-9(5-6-11(10)15)8-13(2,3)17-12(14)16/h5-7,15H,4,8H2,1-3H3,(H2,14,16). The Hall–Kier alpha value is -1.71. The van der Waals surface area contributed by atoms with Gasteiger partial charge in [-0.3, -0.25) is 0 Å². The molecule has 94 valence electrons. The molecule has 1 aromatic carbocycles. The van der Waals surface area contributed by atoms with Crippen molar-refractivity contribution < 1.29 is 14.6 Å². The number of phenolic OH excluding ortho intramolecular Hbond substituents is 1. The van der Waals surface area contributed by atoms with Gasteiger partial charge in [-0.25, -0.2) is 4.79 Å². The Kier molecular flexibility index (Phi) is 3.99. The number of aryl methyl sites for hydroxylation is 1. The van der Waals surface area contributed by atoms with E-state index in [1.165, 1.54) is 0 Å². The fraction of sp³-hybridized carbons (Fsp3) is 0.462. The molecule has 4 nitrogen and oxygen atoms in total. The van der Waals surface area contributed by atoms with E-state index >= 15 is 0 Å². The minimum atomic E-state index is -0.774. The summed E-state index contributed by atoms with van der Waals surface area (Å²) < 4.78 is 5.02. The van der Waals surface area contributed by atoms with Gasteiger partial charge in [0, 0.05) is 6.42 Å². The summed E-state index contributed by atoms with van der Waals surface area (Å²) in [6.07, 6.45) is 0.546. The SMILES string of the molecule is CCc1cc(CC(C)(C)OC(N)=O)ccc1O. The molecule has 0 aliphatic rings. The zero-order valence-corrected chi connectivity index (χ0v) is 10.5. The van der Waals surface area contributed by atoms with E-state index in [2.05, 4.69) is 0 Å². The van der Waals surface area contributed by atoms with Crippen molar-refractivity contribution in [2.45, 2.75) is 39.2 Å². The van der Waals surface area contributed by atoms with Crippen molar-refractivity contribution >= 4 is 6.09 Å². The van der Waals surface area contributed by atoms with E-state index in [9.17, 15) is 9.90 Å². The van der Waals surface area contributed by atoms with Crippen LogP contribution in [0.15, 0.2) is 18.2 Å². The molecule has 1 amide bonds. The van der Waals surface area contributed by atoms with E-state index < -0.39 is 11.7 Å². The maximum Gasteiger partial charge on any atom is 0.405 e. The van der Waals surface area contributed by atoms with Crippen LogP contribution in [0.5, 0.6) is 5.75 Å². The lowest BCUT2D eigenvalue weighted by Gasteiger charge is -2.24. The van der Waals surface area contributed by atoms with E-state index in [0.29, 0.717) is 12.2 Å². The molecule has 0 aliphatic heterocycles. The zero-order chi connectivity index (χ0) is 13.1. The second-order valence-electron chi connectivity index (χ2n) is 4.67. The average molecular weight is 237 g/mol. The van der Waals surface area contributed by atoms with Gasteiger partial charge in [0.15, 0.2) is 0 Å². The molecule has 0 heterocycles. The smallest absolute Gasteiger partial charge is 0.405 e. The Morgan fingerprint density at radius 2 is 2.12 bits per heavy atom. The Labute approximate surface area is 101 Å². The first kappa shape index (κ1) is 13.4. The second-order valence-corrected chi connectivity index (χ2v) is 4.67. The van der Waals surface area contributed by atoms with Gasteiger partial charge in [-0.05, 0) is 37.5 Å². The van der Waals surface area contributed by atoms with Crippen LogP contribution >= 0.6 is 0 Å². The number of amides is 1. The quantitative estimate of drug-likeness (QED) is 0.844.